The number of benzene rings is 2. The van der Waals surface area contributed by atoms with Crippen molar-refractivity contribution >= 4 is 28.8 Å². The number of aromatic nitrogens is 2. The average Bonchev–Trinajstić information content (AvgIpc) is 2.65. The van der Waals surface area contributed by atoms with Crippen molar-refractivity contribution < 1.29 is 0 Å². The van der Waals surface area contributed by atoms with Gasteiger partial charge in [0.15, 0.2) is 0 Å². The fourth-order valence-corrected chi connectivity index (χ4v) is 3.05. The summed E-state index contributed by atoms with van der Waals surface area (Å²) < 4.78 is 0. The van der Waals surface area contributed by atoms with Gasteiger partial charge in [0, 0.05) is 41.9 Å². The molecule has 0 saturated carbocycles. The number of aryl methyl sites for hydroxylation is 2. The molecule has 0 bridgehead atoms. The molecule has 0 aliphatic carbocycles. The van der Waals surface area contributed by atoms with Crippen molar-refractivity contribution in [3.05, 3.63) is 65.9 Å². The Bertz CT molecular complexity index is 888. The molecule has 0 radical (unpaired) electrons. The summed E-state index contributed by atoms with van der Waals surface area (Å²) in [5.41, 5.74) is 5.36. The van der Waals surface area contributed by atoms with E-state index >= 15 is 0 Å². The van der Waals surface area contributed by atoms with Crippen LogP contribution < -0.4 is 15.5 Å². The molecule has 5 heteroatoms. The monoisotopic (exact) mass is 361 g/mol. The maximum atomic E-state index is 4.61. The summed E-state index contributed by atoms with van der Waals surface area (Å²) in [7, 11) is 0. The van der Waals surface area contributed by atoms with Gasteiger partial charge in [0.2, 0.25) is 5.95 Å². The molecule has 0 aliphatic rings. The van der Waals surface area contributed by atoms with Gasteiger partial charge in [-0.2, -0.15) is 4.98 Å². The van der Waals surface area contributed by atoms with Gasteiger partial charge >= 0.3 is 0 Å². The third-order valence-corrected chi connectivity index (χ3v) is 4.49. The second kappa shape index (κ2) is 8.54. The van der Waals surface area contributed by atoms with E-state index in [1.807, 2.05) is 43.3 Å². The molecule has 0 amide bonds. The van der Waals surface area contributed by atoms with Crippen molar-refractivity contribution in [2.24, 2.45) is 0 Å². The van der Waals surface area contributed by atoms with Crippen LogP contribution in [0.5, 0.6) is 0 Å². The SMILES string of the molecule is CCN(CC)c1ccc(Nc2cc(C)nc(Nc3ccccc3)n2)c(C)c1. The predicted molar refractivity (Wildman–Crippen MR) is 115 cm³/mol. The highest BCUT2D eigenvalue weighted by atomic mass is 15.1. The topological polar surface area (TPSA) is 53.1 Å². The van der Waals surface area contributed by atoms with E-state index in [1.54, 1.807) is 0 Å². The van der Waals surface area contributed by atoms with E-state index in [0.717, 1.165) is 36.0 Å². The van der Waals surface area contributed by atoms with Crippen LogP contribution in [0.2, 0.25) is 0 Å². The maximum absolute atomic E-state index is 4.61. The fraction of sp³-hybridized carbons (Fsp3) is 0.273. The first-order valence-corrected chi connectivity index (χ1v) is 9.39. The number of nitrogens with one attached hydrogen (secondary N) is 2. The summed E-state index contributed by atoms with van der Waals surface area (Å²) in [5.74, 6) is 1.36. The smallest absolute Gasteiger partial charge is 0.229 e. The van der Waals surface area contributed by atoms with E-state index < -0.39 is 0 Å². The third kappa shape index (κ3) is 4.76. The standard InChI is InChI=1S/C22H27N5/c1-5-27(6-2)19-12-13-20(16(3)14-19)25-21-15-17(4)23-22(26-21)24-18-10-8-7-9-11-18/h7-15H,5-6H2,1-4H3,(H2,23,24,25,26). The minimum absolute atomic E-state index is 0.584. The summed E-state index contributed by atoms with van der Waals surface area (Å²) in [6, 6.07) is 18.4. The van der Waals surface area contributed by atoms with Gasteiger partial charge in [0.1, 0.15) is 5.82 Å². The molecule has 1 aromatic heterocycles. The number of anilines is 5. The van der Waals surface area contributed by atoms with E-state index in [4.69, 9.17) is 0 Å². The van der Waals surface area contributed by atoms with Crippen LogP contribution in [0.3, 0.4) is 0 Å². The second-order valence-electron chi connectivity index (χ2n) is 6.51. The Balaban J connectivity index is 1.81. The molecule has 0 aliphatic heterocycles. The normalized spacial score (nSPS) is 10.5. The van der Waals surface area contributed by atoms with Crippen molar-refractivity contribution in [2.45, 2.75) is 27.7 Å². The second-order valence-corrected chi connectivity index (χ2v) is 6.51. The number of rotatable bonds is 7. The molecule has 27 heavy (non-hydrogen) atoms. The number of para-hydroxylation sites is 1. The van der Waals surface area contributed by atoms with Crippen LogP contribution in [-0.2, 0) is 0 Å². The summed E-state index contributed by atoms with van der Waals surface area (Å²) in [4.78, 5) is 11.4. The maximum Gasteiger partial charge on any atom is 0.229 e. The molecule has 0 atom stereocenters. The molecule has 0 spiro atoms. The van der Waals surface area contributed by atoms with Gasteiger partial charge in [-0.25, -0.2) is 4.98 Å². The van der Waals surface area contributed by atoms with E-state index in [9.17, 15) is 0 Å². The molecule has 2 N–H and O–H groups in total. The molecule has 140 valence electrons. The highest BCUT2D eigenvalue weighted by Gasteiger charge is 2.08. The first-order chi connectivity index (χ1) is 13.1. The van der Waals surface area contributed by atoms with Crippen molar-refractivity contribution in [3.8, 4) is 0 Å². The number of nitrogens with zero attached hydrogens (tertiary/aromatic N) is 3. The molecular weight excluding hydrogens is 334 g/mol. The van der Waals surface area contributed by atoms with Crippen LogP contribution >= 0.6 is 0 Å². The molecule has 0 fully saturated rings. The van der Waals surface area contributed by atoms with Crippen LogP contribution in [0.4, 0.5) is 28.8 Å². The van der Waals surface area contributed by atoms with Gasteiger partial charge in [0.05, 0.1) is 0 Å². The average molecular weight is 361 g/mol. The lowest BCUT2D eigenvalue weighted by Gasteiger charge is -2.22. The Hall–Kier alpha value is -3.08. The Morgan fingerprint density at radius 1 is 0.852 bits per heavy atom. The molecule has 0 unspecified atom stereocenters. The van der Waals surface area contributed by atoms with Gasteiger partial charge in [-0.05, 0) is 63.6 Å². The summed E-state index contributed by atoms with van der Waals surface area (Å²) in [5, 5.41) is 6.69. The number of hydrogen-bond donors (Lipinski definition) is 2. The lowest BCUT2D eigenvalue weighted by Crippen LogP contribution is -2.21. The summed E-state index contributed by atoms with van der Waals surface area (Å²) in [6.07, 6.45) is 0. The zero-order valence-corrected chi connectivity index (χ0v) is 16.5. The zero-order valence-electron chi connectivity index (χ0n) is 16.5. The van der Waals surface area contributed by atoms with Gasteiger partial charge in [0.25, 0.3) is 0 Å². The van der Waals surface area contributed by atoms with Gasteiger partial charge < -0.3 is 15.5 Å². The van der Waals surface area contributed by atoms with Gasteiger partial charge in [-0.1, -0.05) is 18.2 Å². The Labute approximate surface area is 161 Å². The van der Waals surface area contributed by atoms with Crippen molar-refractivity contribution in [1.82, 2.24) is 9.97 Å². The van der Waals surface area contributed by atoms with Crippen LogP contribution in [0.15, 0.2) is 54.6 Å². The first kappa shape index (κ1) is 18.7. The highest BCUT2D eigenvalue weighted by molar-refractivity contribution is 5.66. The molecule has 3 aromatic rings. The molecule has 2 aromatic carbocycles. The Morgan fingerprint density at radius 3 is 2.26 bits per heavy atom. The lowest BCUT2D eigenvalue weighted by molar-refractivity contribution is 0.866. The molecule has 1 heterocycles. The largest absolute Gasteiger partial charge is 0.372 e. The lowest BCUT2D eigenvalue weighted by atomic mass is 10.1. The minimum atomic E-state index is 0.584. The van der Waals surface area contributed by atoms with E-state index in [-0.39, 0.29) is 0 Å². The molecular formula is C22H27N5. The quantitative estimate of drug-likeness (QED) is 0.588. The molecule has 5 nitrogen and oxygen atoms in total. The van der Waals surface area contributed by atoms with Crippen LogP contribution in [0, 0.1) is 13.8 Å². The van der Waals surface area contributed by atoms with E-state index in [2.05, 4.69) is 64.5 Å². The Kier molecular flexibility index (Phi) is 5.91. The van der Waals surface area contributed by atoms with Crippen molar-refractivity contribution in [2.75, 3.05) is 28.6 Å². The van der Waals surface area contributed by atoms with Gasteiger partial charge in [-0.15, -0.1) is 0 Å². The van der Waals surface area contributed by atoms with Crippen LogP contribution in [0.1, 0.15) is 25.1 Å². The van der Waals surface area contributed by atoms with E-state index in [1.165, 1.54) is 11.3 Å². The molecule has 3 rings (SSSR count). The van der Waals surface area contributed by atoms with Crippen molar-refractivity contribution in [1.29, 1.82) is 0 Å². The molecule has 0 saturated heterocycles. The fourth-order valence-electron chi connectivity index (χ4n) is 3.05. The summed E-state index contributed by atoms with van der Waals surface area (Å²) >= 11 is 0. The summed E-state index contributed by atoms with van der Waals surface area (Å²) in [6.45, 7) is 10.4. The number of hydrogen-bond acceptors (Lipinski definition) is 5. The first-order valence-electron chi connectivity index (χ1n) is 9.39. The third-order valence-electron chi connectivity index (χ3n) is 4.49. The van der Waals surface area contributed by atoms with Crippen molar-refractivity contribution in [3.63, 3.8) is 0 Å². The van der Waals surface area contributed by atoms with E-state index in [0.29, 0.717) is 5.95 Å². The Morgan fingerprint density at radius 2 is 1.59 bits per heavy atom. The highest BCUT2D eigenvalue weighted by Crippen LogP contribution is 2.26. The van der Waals surface area contributed by atoms with Crippen LogP contribution in [0.25, 0.3) is 0 Å². The van der Waals surface area contributed by atoms with Gasteiger partial charge in [-0.3, -0.25) is 0 Å². The predicted octanol–water partition coefficient (Wildman–Crippen LogP) is 5.43. The minimum Gasteiger partial charge on any atom is -0.372 e. The van der Waals surface area contributed by atoms with Crippen LogP contribution in [-0.4, -0.2) is 23.1 Å². The zero-order chi connectivity index (χ0) is 19.2.